The van der Waals surface area contributed by atoms with E-state index in [1.54, 1.807) is 68.4 Å². The highest BCUT2D eigenvalue weighted by atomic mass is 35.5. The van der Waals surface area contributed by atoms with Crippen molar-refractivity contribution in [3.05, 3.63) is 101 Å². The molecule has 7 nitrogen and oxygen atoms in total. The lowest BCUT2D eigenvalue weighted by molar-refractivity contribution is -0.140. The van der Waals surface area contributed by atoms with Gasteiger partial charge in [0, 0.05) is 24.0 Å². The molecule has 0 aliphatic carbocycles. The molecule has 2 amide bonds. The van der Waals surface area contributed by atoms with E-state index in [2.05, 4.69) is 5.32 Å². The third-order valence-corrected chi connectivity index (χ3v) is 7.46. The molecular weight excluding hydrogens is 579 g/mol. The average Bonchev–Trinajstić information content (AvgIpc) is 2.88. The predicted octanol–water partition coefficient (Wildman–Crippen LogP) is 5.29. The van der Waals surface area contributed by atoms with Gasteiger partial charge in [-0.1, -0.05) is 60.1 Å². The molecule has 0 aliphatic rings. The molecule has 0 saturated heterocycles. The van der Waals surface area contributed by atoms with Gasteiger partial charge >= 0.3 is 6.18 Å². The molecule has 0 fully saturated rings. The Hall–Kier alpha value is -3.57. The van der Waals surface area contributed by atoms with Crippen LogP contribution in [0.2, 0.25) is 5.02 Å². The van der Waals surface area contributed by atoms with E-state index in [4.69, 9.17) is 11.6 Å². The van der Waals surface area contributed by atoms with Gasteiger partial charge in [0.1, 0.15) is 12.6 Å². The number of halogens is 4. The van der Waals surface area contributed by atoms with Crippen LogP contribution in [-0.2, 0) is 38.8 Å². The van der Waals surface area contributed by atoms with Crippen LogP contribution in [0.4, 0.5) is 18.9 Å². The summed E-state index contributed by atoms with van der Waals surface area (Å²) in [6.07, 6.45) is -3.82. The SMILES string of the molecule is CC(C)NC(=O)C(Cc1ccccc1)N(Cc1cccc(Cl)c1)C(=O)CN(c1cccc(C(F)(F)F)c1)S(C)(=O)=O. The molecule has 1 unspecified atom stereocenters. The van der Waals surface area contributed by atoms with Crippen molar-refractivity contribution in [1.29, 1.82) is 0 Å². The van der Waals surface area contributed by atoms with Crippen molar-refractivity contribution < 1.29 is 31.2 Å². The number of benzene rings is 3. The van der Waals surface area contributed by atoms with Crippen molar-refractivity contribution in [3.63, 3.8) is 0 Å². The molecule has 3 aromatic carbocycles. The summed E-state index contributed by atoms with van der Waals surface area (Å²) in [5.74, 6) is -1.25. The van der Waals surface area contributed by atoms with Gasteiger partial charge < -0.3 is 10.2 Å². The van der Waals surface area contributed by atoms with Crippen molar-refractivity contribution >= 4 is 39.1 Å². The zero-order valence-electron chi connectivity index (χ0n) is 22.7. The molecule has 0 radical (unpaired) electrons. The van der Waals surface area contributed by atoms with E-state index in [1.165, 1.54) is 11.0 Å². The summed E-state index contributed by atoms with van der Waals surface area (Å²) in [6, 6.07) is 18.0. The highest BCUT2D eigenvalue weighted by Crippen LogP contribution is 2.32. The number of amides is 2. The van der Waals surface area contributed by atoms with Crippen LogP contribution in [-0.4, -0.2) is 50.0 Å². The van der Waals surface area contributed by atoms with Crippen LogP contribution in [0, 0.1) is 0 Å². The van der Waals surface area contributed by atoms with Crippen molar-refractivity contribution in [2.45, 2.75) is 45.1 Å². The molecule has 12 heteroatoms. The molecule has 1 atom stereocenters. The smallest absolute Gasteiger partial charge is 0.352 e. The summed E-state index contributed by atoms with van der Waals surface area (Å²) in [4.78, 5) is 28.7. The van der Waals surface area contributed by atoms with Crippen molar-refractivity contribution in [3.8, 4) is 0 Å². The maximum atomic E-state index is 14.0. The van der Waals surface area contributed by atoms with Crippen molar-refractivity contribution in [1.82, 2.24) is 10.2 Å². The summed E-state index contributed by atoms with van der Waals surface area (Å²) in [6.45, 7) is 2.59. The quantitative estimate of drug-likeness (QED) is 0.320. The number of nitrogens with one attached hydrogen (secondary N) is 1. The molecule has 0 spiro atoms. The van der Waals surface area contributed by atoms with Gasteiger partial charge in [-0.3, -0.25) is 13.9 Å². The standard InChI is InChI=1S/C29H31ClF3N3O4S/c1-20(2)34-28(38)26(16-21-9-5-4-6-10-21)35(18-22-11-7-13-24(30)15-22)27(37)19-36(41(3,39)40)25-14-8-12-23(17-25)29(31,32)33/h4-15,17,20,26H,16,18-19H2,1-3H3,(H,34,38). The first-order chi connectivity index (χ1) is 19.1. The molecule has 1 N–H and O–H groups in total. The van der Waals surface area contributed by atoms with Crippen LogP contribution in [0.3, 0.4) is 0 Å². The Morgan fingerprint density at radius 2 is 1.56 bits per heavy atom. The minimum Gasteiger partial charge on any atom is -0.352 e. The largest absolute Gasteiger partial charge is 0.416 e. The van der Waals surface area contributed by atoms with Gasteiger partial charge in [0.2, 0.25) is 21.8 Å². The van der Waals surface area contributed by atoms with Crippen LogP contribution in [0.1, 0.15) is 30.5 Å². The van der Waals surface area contributed by atoms with E-state index in [0.717, 1.165) is 24.0 Å². The fourth-order valence-electron chi connectivity index (χ4n) is 4.22. The van der Waals surface area contributed by atoms with Crippen LogP contribution in [0.5, 0.6) is 0 Å². The molecule has 0 saturated carbocycles. The molecule has 0 heterocycles. The number of rotatable bonds is 11. The Morgan fingerprint density at radius 1 is 0.927 bits per heavy atom. The highest BCUT2D eigenvalue weighted by molar-refractivity contribution is 7.92. The first kappa shape index (κ1) is 32.0. The van der Waals surface area contributed by atoms with Crippen LogP contribution in [0.15, 0.2) is 78.9 Å². The monoisotopic (exact) mass is 609 g/mol. The second kappa shape index (κ2) is 13.4. The number of anilines is 1. The second-order valence-corrected chi connectivity index (χ2v) is 12.2. The Kier molecular flexibility index (Phi) is 10.4. The van der Waals surface area contributed by atoms with Gasteiger partial charge in [-0.2, -0.15) is 13.2 Å². The van der Waals surface area contributed by atoms with Gasteiger partial charge in [-0.05, 0) is 55.3 Å². The number of sulfonamides is 1. The summed E-state index contributed by atoms with van der Waals surface area (Å²) >= 11 is 6.16. The fourth-order valence-corrected chi connectivity index (χ4v) is 5.27. The molecule has 0 aliphatic heterocycles. The van der Waals surface area contributed by atoms with Crippen LogP contribution >= 0.6 is 11.6 Å². The van der Waals surface area contributed by atoms with Gasteiger partial charge in [0.25, 0.3) is 0 Å². The Morgan fingerprint density at radius 3 is 2.15 bits per heavy atom. The van der Waals surface area contributed by atoms with Crippen molar-refractivity contribution in [2.75, 3.05) is 17.1 Å². The summed E-state index contributed by atoms with van der Waals surface area (Å²) in [7, 11) is -4.22. The van der Waals surface area contributed by atoms with E-state index < -0.39 is 46.2 Å². The van der Waals surface area contributed by atoms with E-state index in [9.17, 15) is 31.2 Å². The van der Waals surface area contributed by atoms with Crippen molar-refractivity contribution in [2.24, 2.45) is 0 Å². The topological polar surface area (TPSA) is 86.8 Å². The number of carbonyl (C=O) groups is 2. The predicted molar refractivity (Wildman–Crippen MR) is 153 cm³/mol. The maximum absolute atomic E-state index is 14.0. The molecule has 3 rings (SSSR count). The zero-order valence-corrected chi connectivity index (χ0v) is 24.3. The molecule has 220 valence electrons. The van der Waals surface area contributed by atoms with Gasteiger partial charge in [0.05, 0.1) is 17.5 Å². The van der Waals surface area contributed by atoms with E-state index in [1.807, 2.05) is 0 Å². The Balaban J connectivity index is 2.08. The van der Waals surface area contributed by atoms with E-state index in [0.29, 0.717) is 21.0 Å². The summed E-state index contributed by atoms with van der Waals surface area (Å²) < 4.78 is 66.4. The third-order valence-electron chi connectivity index (χ3n) is 6.08. The molecule has 41 heavy (non-hydrogen) atoms. The molecular formula is C29H31ClF3N3O4S. The van der Waals surface area contributed by atoms with Crippen LogP contribution < -0.4 is 9.62 Å². The average molecular weight is 610 g/mol. The number of carbonyl (C=O) groups excluding carboxylic acids is 2. The zero-order chi connectivity index (χ0) is 30.4. The number of hydrogen-bond donors (Lipinski definition) is 1. The lowest BCUT2D eigenvalue weighted by Gasteiger charge is -2.34. The second-order valence-electron chi connectivity index (χ2n) is 9.84. The normalized spacial score (nSPS) is 12.6. The maximum Gasteiger partial charge on any atom is 0.416 e. The lowest BCUT2D eigenvalue weighted by atomic mass is 10.0. The summed E-state index contributed by atoms with van der Waals surface area (Å²) in [5, 5.41) is 3.21. The van der Waals surface area contributed by atoms with Crippen LogP contribution in [0.25, 0.3) is 0 Å². The van der Waals surface area contributed by atoms with Gasteiger partial charge in [-0.15, -0.1) is 0 Å². The number of hydrogen-bond acceptors (Lipinski definition) is 4. The number of nitrogens with zero attached hydrogens (tertiary/aromatic N) is 2. The van der Waals surface area contributed by atoms with Gasteiger partial charge in [-0.25, -0.2) is 8.42 Å². The molecule has 0 aromatic heterocycles. The molecule has 3 aromatic rings. The minimum atomic E-state index is -4.72. The molecule has 0 bridgehead atoms. The van der Waals surface area contributed by atoms with Gasteiger partial charge in [0.15, 0.2) is 0 Å². The first-order valence-corrected chi connectivity index (χ1v) is 14.9. The summed E-state index contributed by atoms with van der Waals surface area (Å²) in [5.41, 5.74) is -0.0702. The first-order valence-electron chi connectivity index (χ1n) is 12.7. The Labute approximate surface area is 243 Å². The lowest BCUT2D eigenvalue weighted by Crippen LogP contribution is -2.54. The van der Waals surface area contributed by atoms with E-state index >= 15 is 0 Å². The number of alkyl halides is 3. The van der Waals surface area contributed by atoms with E-state index in [-0.39, 0.29) is 24.7 Å². The Bertz CT molecular complexity index is 1470. The fraction of sp³-hybridized carbons (Fsp3) is 0.310. The highest BCUT2D eigenvalue weighted by Gasteiger charge is 2.35. The minimum absolute atomic E-state index is 0.105. The third kappa shape index (κ3) is 9.22.